The first-order valence-electron chi connectivity index (χ1n) is 5.83. The second-order valence-corrected chi connectivity index (χ2v) is 4.58. The Bertz CT molecular complexity index is 316. The predicted octanol–water partition coefficient (Wildman–Crippen LogP) is 2.47. The van der Waals surface area contributed by atoms with Crippen molar-refractivity contribution in [2.75, 3.05) is 25.4 Å². The fourth-order valence-electron chi connectivity index (χ4n) is 2.32. The minimum absolute atomic E-state index is 0.589. The van der Waals surface area contributed by atoms with E-state index in [0.29, 0.717) is 5.92 Å². The molecule has 1 aromatic rings. The first-order chi connectivity index (χ1) is 7.25. The van der Waals surface area contributed by atoms with Gasteiger partial charge < -0.3 is 10.6 Å². The fraction of sp³-hybridized carbons (Fsp3) is 0.538. The molecule has 0 saturated carbocycles. The van der Waals surface area contributed by atoms with Crippen molar-refractivity contribution in [1.29, 1.82) is 0 Å². The third-order valence-electron chi connectivity index (χ3n) is 3.21. The van der Waals surface area contributed by atoms with Gasteiger partial charge in [0, 0.05) is 12.2 Å². The normalized spacial score (nSPS) is 19.3. The Labute approximate surface area is 92.1 Å². The first-order valence-corrected chi connectivity index (χ1v) is 5.83. The molecule has 0 amide bonds. The summed E-state index contributed by atoms with van der Waals surface area (Å²) in [7, 11) is 0. The molecule has 1 aromatic carbocycles. The molecule has 0 bridgehead atoms. The maximum atomic E-state index is 5.79. The molecule has 82 valence electrons. The smallest absolute Gasteiger partial charge is 0.0316 e. The molecule has 1 atom stereocenters. The lowest BCUT2D eigenvalue weighted by atomic mass is 10.0. The van der Waals surface area contributed by atoms with E-state index in [4.69, 9.17) is 5.73 Å². The van der Waals surface area contributed by atoms with Gasteiger partial charge in [0.2, 0.25) is 0 Å². The number of nitrogens with two attached hydrogens (primary N) is 1. The van der Waals surface area contributed by atoms with Gasteiger partial charge in [-0.1, -0.05) is 19.1 Å². The van der Waals surface area contributed by atoms with Gasteiger partial charge in [0.25, 0.3) is 0 Å². The molecule has 0 spiro atoms. The van der Waals surface area contributed by atoms with Crippen molar-refractivity contribution in [3.05, 3.63) is 29.8 Å². The molecule has 1 fully saturated rings. The molecule has 1 aliphatic rings. The number of nitrogen functional groups attached to an aromatic ring is 1. The second-order valence-electron chi connectivity index (χ2n) is 4.58. The molecule has 0 aliphatic carbocycles. The van der Waals surface area contributed by atoms with E-state index in [9.17, 15) is 0 Å². The number of nitrogens with zero attached hydrogens (tertiary/aromatic N) is 1. The zero-order chi connectivity index (χ0) is 10.7. The van der Waals surface area contributed by atoms with Gasteiger partial charge in [-0.3, -0.25) is 0 Å². The first kappa shape index (κ1) is 10.5. The molecule has 2 rings (SSSR count). The lowest BCUT2D eigenvalue weighted by molar-refractivity contribution is 0.321. The van der Waals surface area contributed by atoms with Gasteiger partial charge in [-0.15, -0.1) is 0 Å². The SMILES string of the molecule is CC(CN1CCCC1)c1cccc(N)c1. The Morgan fingerprint density at radius 1 is 1.33 bits per heavy atom. The van der Waals surface area contributed by atoms with Gasteiger partial charge >= 0.3 is 0 Å². The summed E-state index contributed by atoms with van der Waals surface area (Å²) in [6.07, 6.45) is 2.73. The van der Waals surface area contributed by atoms with E-state index in [1.54, 1.807) is 0 Å². The summed E-state index contributed by atoms with van der Waals surface area (Å²) in [6, 6.07) is 8.27. The van der Waals surface area contributed by atoms with Crippen LogP contribution in [-0.4, -0.2) is 24.5 Å². The molecule has 2 heteroatoms. The van der Waals surface area contributed by atoms with Crippen molar-refractivity contribution in [3.63, 3.8) is 0 Å². The number of benzene rings is 1. The maximum absolute atomic E-state index is 5.79. The third-order valence-corrected chi connectivity index (χ3v) is 3.21. The fourth-order valence-corrected chi connectivity index (χ4v) is 2.32. The van der Waals surface area contributed by atoms with Crippen molar-refractivity contribution >= 4 is 5.69 Å². The topological polar surface area (TPSA) is 29.3 Å². The number of anilines is 1. The highest BCUT2D eigenvalue weighted by Crippen LogP contribution is 2.20. The summed E-state index contributed by atoms with van der Waals surface area (Å²) >= 11 is 0. The van der Waals surface area contributed by atoms with Crippen LogP contribution in [0.25, 0.3) is 0 Å². The second kappa shape index (κ2) is 4.67. The van der Waals surface area contributed by atoms with Crippen molar-refractivity contribution in [2.24, 2.45) is 0 Å². The minimum Gasteiger partial charge on any atom is -0.399 e. The Kier molecular flexibility index (Phi) is 3.27. The van der Waals surface area contributed by atoms with Crippen molar-refractivity contribution < 1.29 is 0 Å². The molecule has 1 heterocycles. The van der Waals surface area contributed by atoms with Crippen LogP contribution in [0.15, 0.2) is 24.3 Å². The van der Waals surface area contributed by atoms with Crippen LogP contribution in [0.2, 0.25) is 0 Å². The average molecular weight is 204 g/mol. The Hall–Kier alpha value is -1.02. The van der Waals surface area contributed by atoms with E-state index in [2.05, 4.69) is 24.0 Å². The molecule has 1 saturated heterocycles. The molecule has 0 aromatic heterocycles. The number of hydrogen-bond donors (Lipinski definition) is 1. The van der Waals surface area contributed by atoms with Crippen LogP contribution >= 0.6 is 0 Å². The van der Waals surface area contributed by atoms with Crippen molar-refractivity contribution in [2.45, 2.75) is 25.7 Å². The summed E-state index contributed by atoms with van der Waals surface area (Å²) in [6.45, 7) is 6.00. The summed E-state index contributed by atoms with van der Waals surface area (Å²) in [4.78, 5) is 2.55. The summed E-state index contributed by atoms with van der Waals surface area (Å²) in [5, 5.41) is 0. The van der Waals surface area contributed by atoms with Gasteiger partial charge in [-0.2, -0.15) is 0 Å². The molecule has 2 N–H and O–H groups in total. The van der Waals surface area contributed by atoms with Gasteiger partial charge in [0.15, 0.2) is 0 Å². The van der Waals surface area contributed by atoms with Crippen LogP contribution in [0.5, 0.6) is 0 Å². The zero-order valence-corrected chi connectivity index (χ0v) is 9.45. The van der Waals surface area contributed by atoms with E-state index < -0.39 is 0 Å². The highest BCUT2D eigenvalue weighted by molar-refractivity contribution is 5.41. The van der Waals surface area contributed by atoms with E-state index in [1.165, 1.54) is 38.0 Å². The largest absolute Gasteiger partial charge is 0.399 e. The molecule has 2 nitrogen and oxygen atoms in total. The van der Waals surface area contributed by atoms with E-state index in [1.807, 2.05) is 12.1 Å². The monoisotopic (exact) mass is 204 g/mol. The zero-order valence-electron chi connectivity index (χ0n) is 9.45. The van der Waals surface area contributed by atoms with Crippen LogP contribution in [0.4, 0.5) is 5.69 Å². The molecule has 15 heavy (non-hydrogen) atoms. The quantitative estimate of drug-likeness (QED) is 0.766. The van der Waals surface area contributed by atoms with Gasteiger partial charge in [-0.05, 0) is 49.5 Å². The van der Waals surface area contributed by atoms with Crippen molar-refractivity contribution in [3.8, 4) is 0 Å². The molecular weight excluding hydrogens is 184 g/mol. The summed E-state index contributed by atoms with van der Waals surface area (Å²) in [5.41, 5.74) is 8.03. The van der Waals surface area contributed by atoms with Crippen LogP contribution in [-0.2, 0) is 0 Å². The van der Waals surface area contributed by atoms with Gasteiger partial charge in [0.05, 0.1) is 0 Å². The van der Waals surface area contributed by atoms with Crippen LogP contribution in [0.3, 0.4) is 0 Å². The predicted molar refractivity (Wildman–Crippen MR) is 64.9 cm³/mol. The van der Waals surface area contributed by atoms with Crippen LogP contribution in [0.1, 0.15) is 31.2 Å². The lowest BCUT2D eigenvalue weighted by Gasteiger charge is -2.20. The molecule has 1 aliphatic heterocycles. The maximum Gasteiger partial charge on any atom is 0.0316 e. The number of hydrogen-bond acceptors (Lipinski definition) is 2. The highest BCUT2D eigenvalue weighted by Gasteiger charge is 2.15. The Morgan fingerprint density at radius 2 is 2.07 bits per heavy atom. The van der Waals surface area contributed by atoms with E-state index in [-0.39, 0.29) is 0 Å². The average Bonchev–Trinajstić information content (AvgIpc) is 2.70. The number of likely N-dealkylation sites (tertiary alicyclic amines) is 1. The standard InChI is InChI=1S/C13H20N2/c1-11(10-15-7-2-3-8-15)12-5-4-6-13(14)9-12/h4-6,9,11H,2-3,7-8,10,14H2,1H3. The van der Waals surface area contributed by atoms with Crippen LogP contribution in [0, 0.1) is 0 Å². The summed E-state index contributed by atoms with van der Waals surface area (Å²) < 4.78 is 0. The number of rotatable bonds is 3. The molecule has 1 unspecified atom stereocenters. The van der Waals surface area contributed by atoms with E-state index >= 15 is 0 Å². The highest BCUT2D eigenvalue weighted by atomic mass is 15.1. The summed E-state index contributed by atoms with van der Waals surface area (Å²) in [5.74, 6) is 0.589. The van der Waals surface area contributed by atoms with Gasteiger partial charge in [0.1, 0.15) is 0 Å². The molecular formula is C13H20N2. The lowest BCUT2D eigenvalue weighted by Crippen LogP contribution is -2.24. The van der Waals surface area contributed by atoms with Crippen molar-refractivity contribution in [1.82, 2.24) is 4.90 Å². The minimum atomic E-state index is 0.589. The Morgan fingerprint density at radius 3 is 2.73 bits per heavy atom. The third kappa shape index (κ3) is 2.72. The van der Waals surface area contributed by atoms with Gasteiger partial charge in [-0.25, -0.2) is 0 Å². The van der Waals surface area contributed by atoms with Crippen LogP contribution < -0.4 is 5.73 Å². The van der Waals surface area contributed by atoms with E-state index in [0.717, 1.165) is 5.69 Å². The Balaban J connectivity index is 1.97. The molecule has 0 radical (unpaired) electrons.